The Morgan fingerprint density at radius 1 is 1.09 bits per heavy atom. The predicted molar refractivity (Wildman–Crippen MR) is 128 cm³/mol. The molecule has 2 aliphatic heterocycles. The molecule has 0 aliphatic carbocycles. The Balaban J connectivity index is 1.31. The Kier molecular flexibility index (Phi) is 7.30. The molecular weight excluding hydrogens is 400 g/mol. The number of aryl methyl sites for hydroxylation is 1. The Morgan fingerprint density at radius 2 is 1.91 bits per heavy atom. The molecule has 6 nitrogen and oxygen atoms in total. The summed E-state index contributed by atoms with van der Waals surface area (Å²) in [6.45, 7) is 11.4. The Labute approximate surface area is 192 Å². The Morgan fingerprint density at radius 3 is 2.59 bits per heavy atom. The number of ether oxygens (including phenoxy) is 1. The van der Waals surface area contributed by atoms with Crippen LogP contribution in [0.3, 0.4) is 0 Å². The number of piperazine rings is 1. The van der Waals surface area contributed by atoms with E-state index in [0.29, 0.717) is 12.6 Å². The number of rotatable bonds is 8. The molecule has 2 fully saturated rings. The molecule has 1 aromatic carbocycles. The number of nitrogens with zero attached hydrogens (tertiary/aromatic N) is 4. The van der Waals surface area contributed by atoms with Crippen molar-refractivity contribution in [1.82, 2.24) is 14.8 Å². The molecule has 2 atom stereocenters. The summed E-state index contributed by atoms with van der Waals surface area (Å²) in [7, 11) is 0. The molecule has 6 heteroatoms. The summed E-state index contributed by atoms with van der Waals surface area (Å²) in [6, 6.07) is 12.9. The zero-order valence-corrected chi connectivity index (χ0v) is 19.7. The molecule has 0 spiro atoms. The van der Waals surface area contributed by atoms with Gasteiger partial charge in [-0.2, -0.15) is 0 Å². The second kappa shape index (κ2) is 10.3. The SMILES string of the molecule is CCCCOc1ccc(N2CCN(C3CCN(Cc4ccc(C)cc4)C3=O)C(C)C2)nc1. The second-order valence-electron chi connectivity index (χ2n) is 9.14. The first kappa shape index (κ1) is 22.6. The first-order valence-electron chi connectivity index (χ1n) is 12.0. The lowest BCUT2D eigenvalue weighted by Gasteiger charge is -2.42. The zero-order chi connectivity index (χ0) is 22.5. The van der Waals surface area contributed by atoms with E-state index in [4.69, 9.17) is 4.74 Å². The number of aromatic nitrogens is 1. The average molecular weight is 437 g/mol. The molecule has 0 saturated carbocycles. The van der Waals surface area contributed by atoms with E-state index in [0.717, 1.165) is 63.6 Å². The number of benzene rings is 1. The molecule has 1 amide bonds. The minimum Gasteiger partial charge on any atom is -0.492 e. The van der Waals surface area contributed by atoms with E-state index in [-0.39, 0.29) is 11.9 Å². The van der Waals surface area contributed by atoms with Crippen molar-refractivity contribution in [1.29, 1.82) is 0 Å². The number of carbonyl (C=O) groups is 1. The molecule has 0 radical (unpaired) electrons. The van der Waals surface area contributed by atoms with Gasteiger partial charge in [0.2, 0.25) is 5.91 Å². The van der Waals surface area contributed by atoms with E-state index in [1.165, 1.54) is 11.1 Å². The van der Waals surface area contributed by atoms with Crippen molar-refractivity contribution in [2.24, 2.45) is 0 Å². The maximum Gasteiger partial charge on any atom is 0.240 e. The summed E-state index contributed by atoms with van der Waals surface area (Å²) in [5.41, 5.74) is 2.45. The van der Waals surface area contributed by atoms with Crippen LogP contribution < -0.4 is 9.64 Å². The lowest BCUT2D eigenvalue weighted by molar-refractivity contribution is -0.133. The Hall–Kier alpha value is -2.60. The largest absolute Gasteiger partial charge is 0.492 e. The number of amides is 1. The summed E-state index contributed by atoms with van der Waals surface area (Å²) in [5, 5.41) is 0. The van der Waals surface area contributed by atoms with E-state index in [1.807, 2.05) is 23.2 Å². The molecule has 2 aliphatic rings. The monoisotopic (exact) mass is 436 g/mol. The van der Waals surface area contributed by atoms with Crippen molar-refractivity contribution in [2.75, 3.05) is 37.7 Å². The fourth-order valence-corrected chi connectivity index (χ4v) is 4.72. The number of pyridine rings is 1. The van der Waals surface area contributed by atoms with E-state index in [9.17, 15) is 4.79 Å². The van der Waals surface area contributed by atoms with Gasteiger partial charge in [0.25, 0.3) is 0 Å². The van der Waals surface area contributed by atoms with E-state index in [1.54, 1.807) is 0 Å². The van der Waals surface area contributed by atoms with Gasteiger partial charge in [-0.3, -0.25) is 9.69 Å². The predicted octanol–water partition coefficient (Wildman–Crippen LogP) is 3.88. The normalized spacial score (nSPS) is 21.9. The molecule has 0 N–H and O–H groups in total. The lowest BCUT2D eigenvalue weighted by atomic mass is 10.1. The lowest BCUT2D eigenvalue weighted by Crippen LogP contribution is -2.57. The van der Waals surface area contributed by atoms with Gasteiger partial charge in [-0.05, 0) is 44.4 Å². The number of hydrogen-bond acceptors (Lipinski definition) is 5. The molecule has 32 heavy (non-hydrogen) atoms. The van der Waals surface area contributed by atoms with Crippen LogP contribution in [0.25, 0.3) is 0 Å². The van der Waals surface area contributed by atoms with Gasteiger partial charge in [0.1, 0.15) is 11.6 Å². The van der Waals surface area contributed by atoms with Gasteiger partial charge in [0, 0.05) is 38.8 Å². The first-order chi connectivity index (χ1) is 15.5. The summed E-state index contributed by atoms with van der Waals surface area (Å²) in [6.07, 6.45) is 4.92. The summed E-state index contributed by atoms with van der Waals surface area (Å²) in [5.74, 6) is 2.09. The number of unbranched alkanes of at least 4 members (excludes halogenated alkanes) is 1. The maximum absolute atomic E-state index is 13.2. The van der Waals surface area contributed by atoms with Gasteiger partial charge in [-0.1, -0.05) is 43.2 Å². The summed E-state index contributed by atoms with van der Waals surface area (Å²) in [4.78, 5) is 24.5. The third-order valence-corrected chi connectivity index (χ3v) is 6.65. The molecule has 172 valence electrons. The van der Waals surface area contributed by atoms with Crippen LogP contribution in [-0.4, -0.2) is 65.6 Å². The van der Waals surface area contributed by atoms with Crippen LogP contribution in [0.1, 0.15) is 44.2 Å². The van der Waals surface area contributed by atoms with E-state index >= 15 is 0 Å². The highest BCUT2D eigenvalue weighted by Gasteiger charge is 2.39. The van der Waals surface area contributed by atoms with Gasteiger partial charge in [-0.15, -0.1) is 0 Å². The van der Waals surface area contributed by atoms with Crippen LogP contribution >= 0.6 is 0 Å². The standard InChI is InChI=1S/C26H36N4O2/c1-4-5-16-32-23-10-11-25(27-17-23)28-14-15-30(21(3)18-28)24-12-13-29(26(24)31)19-22-8-6-20(2)7-9-22/h6-11,17,21,24H,4-5,12-16,18-19H2,1-3H3. The highest BCUT2D eigenvalue weighted by molar-refractivity contribution is 5.84. The minimum absolute atomic E-state index is 0.0000934. The van der Waals surface area contributed by atoms with Crippen LogP contribution in [0, 0.1) is 6.92 Å². The molecule has 2 saturated heterocycles. The van der Waals surface area contributed by atoms with Crippen molar-refractivity contribution in [2.45, 2.75) is 58.7 Å². The maximum atomic E-state index is 13.2. The summed E-state index contributed by atoms with van der Waals surface area (Å²) < 4.78 is 5.73. The third-order valence-electron chi connectivity index (χ3n) is 6.65. The van der Waals surface area contributed by atoms with Crippen LogP contribution in [-0.2, 0) is 11.3 Å². The molecule has 1 aromatic heterocycles. The van der Waals surface area contributed by atoms with Crippen LogP contribution in [0.2, 0.25) is 0 Å². The summed E-state index contributed by atoms with van der Waals surface area (Å²) >= 11 is 0. The molecule has 4 rings (SSSR count). The molecule has 3 heterocycles. The average Bonchev–Trinajstić information content (AvgIpc) is 3.16. The highest BCUT2D eigenvalue weighted by Crippen LogP contribution is 2.26. The fourth-order valence-electron chi connectivity index (χ4n) is 4.72. The molecular formula is C26H36N4O2. The van der Waals surface area contributed by atoms with Crippen molar-refractivity contribution < 1.29 is 9.53 Å². The smallest absolute Gasteiger partial charge is 0.240 e. The van der Waals surface area contributed by atoms with Gasteiger partial charge >= 0.3 is 0 Å². The first-order valence-corrected chi connectivity index (χ1v) is 12.0. The van der Waals surface area contributed by atoms with Crippen molar-refractivity contribution in [3.05, 3.63) is 53.7 Å². The Bertz CT molecular complexity index is 884. The number of hydrogen-bond donors (Lipinski definition) is 0. The minimum atomic E-state index is -0.0000934. The van der Waals surface area contributed by atoms with Crippen LogP contribution in [0.15, 0.2) is 42.6 Å². The van der Waals surface area contributed by atoms with Crippen molar-refractivity contribution in [3.8, 4) is 5.75 Å². The quantitative estimate of drug-likeness (QED) is 0.588. The van der Waals surface area contributed by atoms with Gasteiger partial charge in [0.05, 0.1) is 18.8 Å². The third kappa shape index (κ3) is 5.23. The number of anilines is 1. The van der Waals surface area contributed by atoms with E-state index in [2.05, 4.69) is 59.8 Å². The molecule has 0 bridgehead atoms. The van der Waals surface area contributed by atoms with Crippen molar-refractivity contribution in [3.63, 3.8) is 0 Å². The zero-order valence-electron chi connectivity index (χ0n) is 19.7. The van der Waals surface area contributed by atoms with Crippen LogP contribution in [0.4, 0.5) is 5.82 Å². The number of likely N-dealkylation sites (tertiary alicyclic amines) is 1. The van der Waals surface area contributed by atoms with Crippen molar-refractivity contribution >= 4 is 11.7 Å². The van der Waals surface area contributed by atoms with Crippen LogP contribution in [0.5, 0.6) is 5.75 Å². The molecule has 2 aromatic rings. The highest BCUT2D eigenvalue weighted by atomic mass is 16.5. The molecule has 2 unspecified atom stereocenters. The van der Waals surface area contributed by atoms with Gasteiger partial charge in [-0.25, -0.2) is 4.98 Å². The fraction of sp³-hybridized carbons (Fsp3) is 0.538. The second-order valence-corrected chi connectivity index (χ2v) is 9.14. The van der Waals surface area contributed by atoms with Gasteiger partial charge < -0.3 is 14.5 Å². The van der Waals surface area contributed by atoms with E-state index < -0.39 is 0 Å². The number of carbonyl (C=O) groups excluding carboxylic acids is 1. The topological polar surface area (TPSA) is 48.9 Å². The van der Waals surface area contributed by atoms with Gasteiger partial charge in [0.15, 0.2) is 0 Å².